The fraction of sp³-hybridized carbons (Fsp3) is 0.200. The maximum atomic E-state index is 12.3. The van der Waals surface area contributed by atoms with Gasteiger partial charge < -0.3 is 9.47 Å². The molecule has 2 rings (SSSR count). The third kappa shape index (κ3) is 3.22. The zero-order valence-electron chi connectivity index (χ0n) is 10.4. The first-order valence-electron chi connectivity index (χ1n) is 5.77. The van der Waals surface area contributed by atoms with Gasteiger partial charge >= 0.3 is 0 Å². The summed E-state index contributed by atoms with van der Waals surface area (Å²) in [7, 11) is 1.52. The average Bonchev–Trinajstić information content (AvgIpc) is 2.45. The Balaban J connectivity index is 2.43. The molecule has 0 N–H and O–H groups in total. The summed E-state index contributed by atoms with van der Waals surface area (Å²) in [4.78, 5) is 0. The van der Waals surface area contributed by atoms with E-state index in [2.05, 4.69) is 6.07 Å². The molecule has 19 heavy (non-hydrogen) atoms. The van der Waals surface area contributed by atoms with Crippen molar-refractivity contribution in [3.8, 4) is 22.6 Å². The van der Waals surface area contributed by atoms with Crippen molar-refractivity contribution >= 4 is 0 Å². The molecule has 0 amide bonds. The smallest absolute Gasteiger partial charge is 0.272 e. The zero-order valence-corrected chi connectivity index (χ0v) is 10.4. The highest BCUT2D eigenvalue weighted by Gasteiger charge is 2.14. The molecule has 0 aliphatic carbocycles. The first kappa shape index (κ1) is 13.3. The van der Waals surface area contributed by atoms with Crippen molar-refractivity contribution in [3.05, 3.63) is 48.5 Å². The minimum Gasteiger partial charge on any atom is -0.496 e. The Bertz CT molecular complexity index is 527. The third-order valence-electron chi connectivity index (χ3n) is 2.57. The minimum atomic E-state index is -2.52. The minimum absolute atomic E-state index is 0.339. The molecule has 0 atom stereocenters. The highest BCUT2D eigenvalue weighted by Crippen LogP contribution is 2.38. The molecule has 0 bridgehead atoms. The summed E-state index contributed by atoms with van der Waals surface area (Å²) in [6.45, 7) is -0.652. The maximum absolute atomic E-state index is 12.3. The topological polar surface area (TPSA) is 18.5 Å². The number of ether oxygens (including phenoxy) is 2. The lowest BCUT2D eigenvalue weighted by Gasteiger charge is -2.14. The van der Waals surface area contributed by atoms with Gasteiger partial charge in [-0.2, -0.15) is 0 Å². The van der Waals surface area contributed by atoms with Crippen LogP contribution in [0.25, 0.3) is 11.1 Å². The van der Waals surface area contributed by atoms with Crippen LogP contribution >= 0.6 is 0 Å². The van der Waals surface area contributed by atoms with Gasteiger partial charge in [0.05, 0.1) is 12.7 Å². The van der Waals surface area contributed by atoms with Gasteiger partial charge in [-0.05, 0) is 23.8 Å². The van der Waals surface area contributed by atoms with Gasteiger partial charge in [-0.1, -0.05) is 30.3 Å². The normalized spacial score (nSPS) is 10.5. The van der Waals surface area contributed by atoms with Gasteiger partial charge in [0, 0.05) is 0 Å². The predicted octanol–water partition coefficient (Wildman–Crippen LogP) is 3.81. The van der Waals surface area contributed by atoms with Gasteiger partial charge in [-0.25, -0.2) is 8.78 Å². The predicted molar refractivity (Wildman–Crippen MR) is 68.8 cm³/mol. The summed E-state index contributed by atoms with van der Waals surface area (Å²) in [5, 5.41) is 0. The van der Waals surface area contributed by atoms with Crippen LogP contribution in [0.1, 0.15) is 0 Å². The molecule has 0 spiro atoms. The van der Waals surface area contributed by atoms with E-state index in [0.29, 0.717) is 17.1 Å². The molecule has 2 nitrogen and oxygen atoms in total. The van der Waals surface area contributed by atoms with Crippen LogP contribution in [0, 0.1) is 6.07 Å². The van der Waals surface area contributed by atoms with Crippen molar-refractivity contribution in [2.24, 2.45) is 0 Å². The zero-order chi connectivity index (χ0) is 13.7. The van der Waals surface area contributed by atoms with E-state index in [0.717, 1.165) is 5.56 Å². The van der Waals surface area contributed by atoms with E-state index in [1.165, 1.54) is 13.2 Å². The molecule has 0 fully saturated rings. The van der Waals surface area contributed by atoms with Crippen LogP contribution < -0.4 is 9.47 Å². The number of alkyl halides is 2. The standard InChI is InChI=1S/C15H13F2O2/c1-18-12-8-5-9-13(19-10-14(16)17)15(12)11-6-3-2-4-7-11/h2-4,6-9,14H,10H2,1H3. The Morgan fingerprint density at radius 2 is 1.79 bits per heavy atom. The van der Waals surface area contributed by atoms with Crippen LogP contribution in [-0.2, 0) is 0 Å². The second kappa shape index (κ2) is 6.18. The lowest BCUT2D eigenvalue weighted by molar-refractivity contribution is 0.0821. The van der Waals surface area contributed by atoms with E-state index in [1.807, 2.05) is 30.3 Å². The Kier molecular flexibility index (Phi) is 4.34. The van der Waals surface area contributed by atoms with Crippen molar-refractivity contribution in [2.45, 2.75) is 6.43 Å². The van der Waals surface area contributed by atoms with Crippen LogP contribution in [0.5, 0.6) is 11.5 Å². The van der Waals surface area contributed by atoms with Crippen LogP contribution in [-0.4, -0.2) is 20.1 Å². The van der Waals surface area contributed by atoms with Crippen molar-refractivity contribution < 1.29 is 18.3 Å². The molecule has 99 valence electrons. The Labute approximate surface area is 110 Å². The SMILES string of the molecule is COc1c[c]cc(OCC(F)F)c1-c1ccccc1. The van der Waals surface area contributed by atoms with E-state index in [9.17, 15) is 8.78 Å². The second-order valence-corrected chi connectivity index (χ2v) is 3.83. The number of methoxy groups -OCH3 is 1. The molecule has 2 aromatic carbocycles. The number of hydrogen-bond acceptors (Lipinski definition) is 2. The van der Waals surface area contributed by atoms with E-state index < -0.39 is 13.0 Å². The molecule has 4 heteroatoms. The molecule has 1 radical (unpaired) electrons. The van der Waals surface area contributed by atoms with Crippen molar-refractivity contribution in [1.82, 2.24) is 0 Å². The van der Waals surface area contributed by atoms with Crippen LogP contribution in [0.2, 0.25) is 0 Å². The quantitative estimate of drug-likeness (QED) is 0.816. The third-order valence-corrected chi connectivity index (χ3v) is 2.57. The van der Waals surface area contributed by atoms with Crippen LogP contribution in [0.15, 0.2) is 42.5 Å². The van der Waals surface area contributed by atoms with Gasteiger partial charge in [0.2, 0.25) is 0 Å². The van der Waals surface area contributed by atoms with Crippen molar-refractivity contribution in [2.75, 3.05) is 13.7 Å². The lowest BCUT2D eigenvalue weighted by atomic mass is 10.0. The van der Waals surface area contributed by atoms with E-state index in [4.69, 9.17) is 9.47 Å². The molecule has 0 aliphatic rings. The number of rotatable bonds is 5. The number of benzene rings is 2. The second-order valence-electron chi connectivity index (χ2n) is 3.83. The number of hydrogen-bond donors (Lipinski definition) is 0. The molecule has 0 unspecified atom stereocenters. The van der Waals surface area contributed by atoms with Crippen LogP contribution in [0.4, 0.5) is 8.78 Å². The summed E-state index contributed by atoms with van der Waals surface area (Å²) in [5.74, 6) is 0.879. The van der Waals surface area contributed by atoms with E-state index in [1.54, 1.807) is 6.07 Å². The Hall–Kier alpha value is -2.10. The van der Waals surface area contributed by atoms with Crippen molar-refractivity contribution in [3.63, 3.8) is 0 Å². The van der Waals surface area contributed by atoms with Crippen LogP contribution in [0.3, 0.4) is 0 Å². The summed E-state index contributed by atoms with van der Waals surface area (Å²) >= 11 is 0. The summed E-state index contributed by atoms with van der Waals surface area (Å²) in [5.41, 5.74) is 1.50. The van der Waals surface area contributed by atoms with Gasteiger partial charge in [-0.15, -0.1) is 0 Å². The Morgan fingerprint density at radius 1 is 1.11 bits per heavy atom. The molecule has 2 aromatic rings. The fourth-order valence-corrected chi connectivity index (χ4v) is 1.78. The lowest BCUT2D eigenvalue weighted by Crippen LogP contribution is -2.08. The number of halogens is 2. The average molecular weight is 263 g/mol. The van der Waals surface area contributed by atoms with E-state index >= 15 is 0 Å². The monoisotopic (exact) mass is 263 g/mol. The summed E-state index contributed by atoms with van der Waals surface area (Å²) < 4.78 is 34.9. The van der Waals surface area contributed by atoms with E-state index in [-0.39, 0.29) is 0 Å². The molecule has 0 heterocycles. The fourth-order valence-electron chi connectivity index (χ4n) is 1.78. The molecule has 0 saturated carbocycles. The largest absolute Gasteiger partial charge is 0.496 e. The van der Waals surface area contributed by atoms with Gasteiger partial charge in [-0.3, -0.25) is 0 Å². The molecule has 0 aromatic heterocycles. The van der Waals surface area contributed by atoms with Crippen molar-refractivity contribution in [1.29, 1.82) is 0 Å². The highest BCUT2D eigenvalue weighted by atomic mass is 19.3. The molecule has 0 aliphatic heterocycles. The highest BCUT2D eigenvalue weighted by molar-refractivity contribution is 5.76. The van der Waals surface area contributed by atoms with Gasteiger partial charge in [0.15, 0.2) is 0 Å². The first-order valence-corrected chi connectivity index (χ1v) is 5.77. The summed E-state index contributed by atoms with van der Waals surface area (Å²) in [6.07, 6.45) is -2.52. The van der Waals surface area contributed by atoms with Gasteiger partial charge in [0.25, 0.3) is 6.43 Å². The molecular formula is C15H13F2O2. The maximum Gasteiger partial charge on any atom is 0.272 e. The molecule has 0 saturated heterocycles. The summed E-state index contributed by atoms with van der Waals surface area (Å²) in [6, 6.07) is 15.3. The first-order chi connectivity index (χ1) is 9.22. The Morgan fingerprint density at radius 3 is 2.42 bits per heavy atom. The van der Waals surface area contributed by atoms with Gasteiger partial charge in [0.1, 0.15) is 18.1 Å². The molecular weight excluding hydrogens is 250 g/mol.